The number of rotatable bonds is 3. The third-order valence-electron chi connectivity index (χ3n) is 2.64. The van der Waals surface area contributed by atoms with E-state index >= 15 is 0 Å². The smallest absolute Gasteiger partial charge is 0.125 e. The maximum atomic E-state index is 5.61. The zero-order chi connectivity index (χ0) is 11.5. The van der Waals surface area contributed by atoms with E-state index in [4.69, 9.17) is 14.9 Å². The van der Waals surface area contributed by atoms with Crippen LogP contribution in [0.3, 0.4) is 0 Å². The van der Waals surface area contributed by atoms with Gasteiger partial charge >= 0.3 is 0 Å². The van der Waals surface area contributed by atoms with Crippen LogP contribution in [0.1, 0.15) is 11.3 Å². The van der Waals surface area contributed by atoms with Crippen LogP contribution < -0.4 is 10.5 Å². The van der Waals surface area contributed by atoms with Crippen molar-refractivity contribution < 1.29 is 9.15 Å². The van der Waals surface area contributed by atoms with Gasteiger partial charge in [-0.3, -0.25) is 0 Å². The highest BCUT2D eigenvalue weighted by Gasteiger charge is 2.08. The van der Waals surface area contributed by atoms with Gasteiger partial charge in [0.25, 0.3) is 0 Å². The van der Waals surface area contributed by atoms with Crippen LogP contribution in [0.5, 0.6) is 5.75 Å². The predicted octanol–water partition coefficient (Wildman–Crippen LogP) is 2.72. The standard InChI is InChI=1S/C13H15NO2/c1-9-7-10(3-4-12(9)15-2)11-5-6-16-13(11)8-14/h3-7H,8,14H2,1-2H3. The van der Waals surface area contributed by atoms with E-state index in [2.05, 4.69) is 6.07 Å². The molecule has 0 atom stereocenters. The number of hydrogen-bond acceptors (Lipinski definition) is 3. The lowest BCUT2D eigenvalue weighted by Crippen LogP contribution is -1.96. The van der Waals surface area contributed by atoms with Gasteiger partial charge in [0.1, 0.15) is 11.5 Å². The van der Waals surface area contributed by atoms with Crippen LogP contribution in [0.25, 0.3) is 11.1 Å². The van der Waals surface area contributed by atoms with Gasteiger partial charge in [-0.2, -0.15) is 0 Å². The van der Waals surface area contributed by atoms with Crippen LogP contribution >= 0.6 is 0 Å². The minimum Gasteiger partial charge on any atom is -0.496 e. The normalized spacial score (nSPS) is 10.4. The van der Waals surface area contributed by atoms with Crippen molar-refractivity contribution in [3.63, 3.8) is 0 Å². The summed E-state index contributed by atoms with van der Waals surface area (Å²) in [6.45, 7) is 2.43. The molecular weight excluding hydrogens is 202 g/mol. The molecule has 0 amide bonds. The lowest BCUT2D eigenvalue weighted by atomic mass is 10.0. The van der Waals surface area contributed by atoms with Gasteiger partial charge in [0.05, 0.1) is 19.9 Å². The molecule has 0 saturated carbocycles. The number of furan rings is 1. The highest BCUT2D eigenvalue weighted by Crippen LogP contribution is 2.28. The maximum absolute atomic E-state index is 5.61. The summed E-state index contributed by atoms with van der Waals surface area (Å²) < 4.78 is 10.5. The molecule has 1 aromatic carbocycles. The Morgan fingerprint density at radius 2 is 2.12 bits per heavy atom. The molecule has 2 rings (SSSR count). The fourth-order valence-electron chi connectivity index (χ4n) is 1.80. The minimum atomic E-state index is 0.410. The average Bonchev–Trinajstić information content (AvgIpc) is 2.77. The van der Waals surface area contributed by atoms with Gasteiger partial charge in [-0.25, -0.2) is 0 Å². The summed E-state index contributed by atoms with van der Waals surface area (Å²) in [5.74, 6) is 1.70. The Balaban J connectivity index is 2.45. The molecule has 0 saturated heterocycles. The SMILES string of the molecule is COc1ccc(-c2ccoc2CN)cc1C. The van der Waals surface area contributed by atoms with E-state index in [9.17, 15) is 0 Å². The van der Waals surface area contributed by atoms with E-state index in [-0.39, 0.29) is 0 Å². The topological polar surface area (TPSA) is 48.4 Å². The average molecular weight is 217 g/mol. The Hall–Kier alpha value is -1.74. The van der Waals surface area contributed by atoms with Gasteiger partial charge in [-0.05, 0) is 36.2 Å². The number of methoxy groups -OCH3 is 1. The Bertz CT molecular complexity index is 488. The minimum absolute atomic E-state index is 0.410. The van der Waals surface area contributed by atoms with Gasteiger partial charge in [0.2, 0.25) is 0 Å². The summed E-state index contributed by atoms with van der Waals surface area (Å²) in [5, 5.41) is 0. The lowest BCUT2D eigenvalue weighted by Gasteiger charge is -2.07. The highest BCUT2D eigenvalue weighted by atomic mass is 16.5. The molecule has 2 N–H and O–H groups in total. The first-order valence-corrected chi connectivity index (χ1v) is 5.17. The van der Waals surface area contributed by atoms with Crippen molar-refractivity contribution in [1.82, 2.24) is 0 Å². The molecule has 0 aliphatic rings. The Morgan fingerprint density at radius 3 is 2.75 bits per heavy atom. The van der Waals surface area contributed by atoms with Crippen molar-refractivity contribution in [3.8, 4) is 16.9 Å². The molecule has 0 unspecified atom stereocenters. The number of aryl methyl sites for hydroxylation is 1. The first kappa shape index (κ1) is 10.8. The highest BCUT2D eigenvalue weighted by molar-refractivity contribution is 5.67. The molecule has 0 spiro atoms. The Labute approximate surface area is 94.8 Å². The quantitative estimate of drug-likeness (QED) is 0.859. The van der Waals surface area contributed by atoms with Gasteiger partial charge in [-0.1, -0.05) is 6.07 Å². The summed E-state index contributed by atoms with van der Waals surface area (Å²) in [6, 6.07) is 7.97. The molecule has 2 aromatic rings. The van der Waals surface area contributed by atoms with Crippen LogP contribution in [-0.4, -0.2) is 7.11 Å². The van der Waals surface area contributed by atoms with Crippen LogP contribution in [0.4, 0.5) is 0 Å². The summed E-state index contributed by atoms with van der Waals surface area (Å²) >= 11 is 0. The van der Waals surface area contributed by atoms with Crippen molar-refractivity contribution >= 4 is 0 Å². The molecule has 16 heavy (non-hydrogen) atoms. The number of hydrogen-bond donors (Lipinski definition) is 1. The zero-order valence-electron chi connectivity index (χ0n) is 9.49. The lowest BCUT2D eigenvalue weighted by molar-refractivity contribution is 0.412. The first-order chi connectivity index (χ1) is 7.76. The van der Waals surface area contributed by atoms with E-state index in [1.165, 1.54) is 0 Å². The predicted molar refractivity (Wildman–Crippen MR) is 63.3 cm³/mol. The van der Waals surface area contributed by atoms with E-state index < -0.39 is 0 Å². The zero-order valence-corrected chi connectivity index (χ0v) is 9.49. The van der Waals surface area contributed by atoms with E-state index in [0.717, 1.165) is 28.2 Å². The molecule has 0 aliphatic carbocycles. The van der Waals surface area contributed by atoms with Crippen molar-refractivity contribution in [1.29, 1.82) is 0 Å². The van der Waals surface area contributed by atoms with E-state index in [1.54, 1.807) is 13.4 Å². The number of ether oxygens (including phenoxy) is 1. The van der Waals surface area contributed by atoms with Gasteiger partial charge in [-0.15, -0.1) is 0 Å². The van der Waals surface area contributed by atoms with E-state index in [1.807, 2.05) is 25.1 Å². The molecule has 3 nitrogen and oxygen atoms in total. The second-order valence-corrected chi connectivity index (χ2v) is 3.65. The molecule has 0 aliphatic heterocycles. The molecule has 0 bridgehead atoms. The summed E-state index contributed by atoms with van der Waals surface area (Å²) in [7, 11) is 1.67. The number of nitrogens with two attached hydrogens (primary N) is 1. The molecule has 0 radical (unpaired) electrons. The molecule has 3 heteroatoms. The third kappa shape index (κ3) is 1.82. The van der Waals surface area contributed by atoms with Gasteiger partial charge < -0.3 is 14.9 Å². The largest absolute Gasteiger partial charge is 0.496 e. The fraction of sp³-hybridized carbons (Fsp3) is 0.231. The molecule has 84 valence electrons. The first-order valence-electron chi connectivity index (χ1n) is 5.17. The molecule has 1 aromatic heterocycles. The summed E-state index contributed by atoms with van der Waals surface area (Å²) in [5.41, 5.74) is 8.86. The molecule has 1 heterocycles. The molecule has 0 fully saturated rings. The Morgan fingerprint density at radius 1 is 1.31 bits per heavy atom. The van der Waals surface area contributed by atoms with E-state index in [0.29, 0.717) is 6.54 Å². The summed E-state index contributed by atoms with van der Waals surface area (Å²) in [6.07, 6.45) is 1.66. The maximum Gasteiger partial charge on any atom is 0.125 e. The van der Waals surface area contributed by atoms with Crippen LogP contribution in [0.2, 0.25) is 0 Å². The third-order valence-corrected chi connectivity index (χ3v) is 2.64. The monoisotopic (exact) mass is 217 g/mol. The summed E-state index contributed by atoms with van der Waals surface area (Å²) in [4.78, 5) is 0. The second kappa shape index (κ2) is 4.41. The molecular formula is C13H15NO2. The Kier molecular flexibility index (Phi) is 2.97. The van der Waals surface area contributed by atoms with Gasteiger partial charge in [0, 0.05) is 5.56 Å². The van der Waals surface area contributed by atoms with Crippen LogP contribution in [-0.2, 0) is 6.54 Å². The fourth-order valence-corrected chi connectivity index (χ4v) is 1.80. The van der Waals surface area contributed by atoms with Crippen LogP contribution in [0, 0.1) is 6.92 Å². The van der Waals surface area contributed by atoms with Crippen molar-refractivity contribution in [2.24, 2.45) is 5.73 Å². The van der Waals surface area contributed by atoms with Crippen molar-refractivity contribution in [2.75, 3.05) is 7.11 Å². The van der Waals surface area contributed by atoms with Crippen molar-refractivity contribution in [2.45, 2.75) is 13.5 Å². The van der Waals surface area contributed by atoms with Gasteiger partial charge in [0.15, 0.2) is 0 Å². The van der Waals surface area contributed by atoms with Crippen LogP contribution in [0.15, 0.2) is 34.9 Å². The number of benzene rings is 1. The van der Waals surface area contributed by atoms with Crippen molar-refractivity contribution in [3.05, 3.63) is 41.9 Å². The second-order valence-electron chi connectivity index (χ2n) is 3.65.